The molecule has 1 saturated heterocycles. The molecular weight excluding hydrogens is 335 g/mol. The van der Waals surface area contributed by atoms with Crippen LogP contribution in [-0.4, -0.2) is 48.3 Å². The number of benzene rings is 2. The predicted octanol–water partition coefficient (Wildman–Crippen LogP) is 2.32. The summed E-state index contributed by atoms with van der Waals surface area (Å²) in [4.78, 5) is 13.5. The number of rotatable bonds is 5. The molecule has 0 unspecified atom stereocenters. The summed E-state index contributed by atoms with van der Waals surface area (Å²) in [6.07, 6.45) is 0. The van der Waals surface area contributed by atoms with E-state index in [2.05, 4.69) is 6.07 Å². The van der Waals surface area contributed by atoms with Gasteiger partial charge in [0, 0.05) is 13.0 Å². The normalized spacial score (nSPS) is 21.8. The Morgan fingerprint density at radius 2 is 2.00 bits per heavy atom. The minimum atomic E-state index is -0.644. The van der Waals surface area contributed by atoms with Gasteiger partial charge in [-0.05, 0) is 28.8 Å². The topological polar surface area (TPSA) is 73.6 Å². The van der Waals surface area contributed by atoms with E-state index in [4.69, 9.17) is 4.74 Å². The summed E-state index contributed by atoms with van der Waals surface area (Å²) >= 11 is 0. The lowest BCUT2D eigenvalue weighted by Gasteiger charge is -2.51. The molecule has 26 heavy (non-hydrogen) atoms. The number of nitriles is 1. The number of hydrogen-bond acceptors (Lipinski definition) is 4. The summed E-state index contributed by atoms with van der Waals surface area (Å²) in [5.74, 6) is -0.888. The molecule has 0 aromatic heterocycles. The van der Waals surface area contributed by atoms with E-state index in [1.165, 1.54) is 24.1 Å². The van der Waals surface area contributed by atoms with Crippen LogP contribution in [-0.2, 0) is 9.53 Å². The number of carbonyl (C=O) groups is 1. The van der Waals surface area contributed by atoms with Gasteiger partial charge >= 0.3 is 0 Å². The van der Waals surface area contributed by atoms with Crippen molar-refractivity contribution in [1.29, 1.82) is 5.26 Å². The summed E-state index contributed by atoms with van der Waals surface area (Å²) in [6.45, 7) is -0.357. The second-order valence-electron chi connectivity index (χ2n) is 6.22. The van der Waals surface area contributed by atoms with Crippen molar-refractivity contribution in [2.24, 2.45) is 0 Å². The third-order valence-corrected chi connectivity index (χ3v) is 4.74. The molecule has 3 rings (SSSR count). The van der Waals surface area contributed by atoms with Gasteiger partial charge in [-0.1, -0.05) is 36.4 Å². The summed E-state index contributed by atoms with van der Waals surface area (Å²) in [5, 5.41) is 19.2. The van der Waals surface area contributed by atoms with E-state index >= 15 is 0 Å². The van der Waals surface area contributed by atoms with E-state index < -0.39 is 12.1 Å². The van der Waals surface area contributed by atoms with Crippen LogP contribution in [0.1, 0.15) is 11.5 Å². The fourth-order valence-corrected chi connectivity index (χ4v) is 3.51. The number of nitrogens with zero attached hydrogens (tertiary/aromatic N) is 2. The van der Waals surface area contributed by atoms with E-state index in [0.29, 0.717) is 0 Å². The number of carbonyl (C=O) groups excluding carboxylic acids is 1. The molecule has 1 amide bonds. The van der Waals surface area contributed by atoms with Crippen molar-refractivity contribution in [3.63, 3.8) is 0 Å². The average molecular weight is 354 g/mol. The average Bonchev–Trinajstić information content (AvgIpc) is 2.62. The Kier molecular flexibility index (Phi) is 5.31. The Balaban J connectivity index is 1.84. The van der Waals surface area contributed by atoms with Crippen molar-refractivity contribution in [3.8, 4) is 17.2 Å². The molecular formula is C20H19FN2O3. The molecule has 0 radical (unpaired) electrons. The fourth-order valence-electron chi connectivity index (χ4n) is 3.51. The van der Waals surface area contributed by atoms with Crippen LogP contribution in [0.4, 0.5) is 4.39 Å². The van der Waals surface area contributed by atoms with Crippen molar-refractivity contribution in [1.82, 2.24) is 4.90 Å². The van der Waals surface area contributed by atoms with Crippen molar-refractivity contribution in [3.05, 3.63) is 59.9 Å². The van der Waals surface area contributed by atoms with Crippen molar-refractivity contribution >= 4 is 5.91 Å². The van der Waals surface area contributed by atoms with Crippen LogP contribution >= 0.6 is 0 Å². The monoisotopic (exact) mass is 354 g/mol. The summed E-state index contributed by atoms with van der Waals surface area (Å²) < 4.78 is 18.2. The Morgan fingerprint density at radius 3 is 2.58 bits per heavy atom. The molecule has 5 nitrogen and oxygen atoms in total. The zero-order valence-electron chi connectivity index (χ0n) is 14.3. The van der Waals surface area contributed by atoms with Gasteiger partial charge in [-0.25, -0.2) is 4.39 Å². The quantitative estimate of drug-likeness (QED) is 0.894. The molecule has 0 saturated carbocycles. The highest BCUT2D eigenvalue weighted by molar-refractivity contribution is 5.80. The zero-order chi connectivity index (χ0) is 18.7. The minimum Gasteiger partial charge on any atom is -0.394 e. The van der Waals surface area contributed by atoms with E-state index in [0.717, 1.165) is 16.7 Å². The van der Waals surface area contributed by atoms with Gasteiger partial charge in [0.1, 0.15) is 18.5 Å². The molecule has 0 bridgehead atoms. The fraction of sp³-hybridized carbons (Fsp3) is 0.300. The lowest BCUT2D eigenvalue weighted by atomic mass is 9.75. The molecule has 1 fully saturated rings. The lowest BCUT2D eigenvalue weighted by Crippen LogP contribution is -2.65. The Labute approximate surface area is 151 Å². The summed E-state index contributed by atoms with van der Waals surface area (Å²) in [5.41, 5.74) is 2.48. The van der Waals surface area contributed by atoms with Gasteiger partial charge in [-0.3, -0.25) is 4.79 Å². The van der Waals surface area contributed by atoms with E-state index in [-0.39, 0.29) is 30.9 Å². The molecule has 0 aliphatic carbocycles. The number of likely N-dealkylation sites (tertiary alicyclic amines) is 1. The Bertz CT molecular complexity index is 832. The second kappa shape index (κ2) is 7.65. The third-order valence-electron chi connectivity index (χ3n) is 4.74. The highest BCUT2D eigenvalue weighted by Crippen LogP contribution is 2.40. The van der Waals surface area contributed by atoms with Crippen molar-refractivity contribution < 1.29 is 19.0 Å². The smallest absolute Gasteiger partial charge is 0.249 e. The maximum Gasteiger partial charge on any atom is 0.249 e. The maximum absolute atomic E-state index is 13.4. The first kappa shape index (κ1) is 18.1. The molecule has 6 heteroatoms. The molecule has 1 heterocycles. The first-order valence-electron chi connectivity index (χ1n) is 8.27. The van der Waals surface area contributed by atoms with Crippen LogP contribution in [0.2, 0.25) is 0 Å². The SMILES string of the molecule is COCC(=O)N1[C@@H](C#N)[C@H](c2ccc(-c3cccc(F)c3)cc2)[C@@H]1CO. The predicted molar refractivity (Wildman–Crippen MR) is 93.6 cm³/mol. The number of aliphatic hydroxyl groups is 1. The Hall–Kier alpha value is -2.75. The number of methoxy groups -OCH3 is 1. The van der Waals surface area contributed by atoms with Gasteiger partial charge in [0.05, 0.1) is 18.7 Å². The molecule has 1 N–H and O–H groups in total. The van der Waals surface area contributed by atoms with Crippen LogP contribution < -0.4 is 0 Å². The molecule has 1 aliphatic heterocycles. The van der Waals surface area contributed by atoms with Gasteiger partial charge in [0.2, 0.25) is 5.91 Å². The first-order chi connectivity index (χ1) is 12.6. The number of halogens is 1. The highest BCUT2D eigenvalue weighted by Gasteiger charge is 2.51. The molecule has 2 aromatic carbocycles. The second-order valence-corrected chi connectivity index (χ2v) is 6.22. The van der Waals surface area contributed by atoms with E-state index in [1.54, 1.807) is 6.07 Å². The van der Waals surface area contributed by atoms with Crippen LogP contribution in [0, 0.1) is 17.1 Å². The Morgan fingerprint density at radius 1 is 1.27 bits per heavy atom. The van der Waals surface area contributed by atoms with Crippen molar-refractivity contribution in [2.45, 2.75) is 18.0 Å². The van der Waals surface area contributed by atoms with E-state index in [1.807, 2.05) is 30.3 Å². The largest absolute Gasteiger partial charge is 0.394 e. The summed E-state index contributed by atoms with van der Waals surface area (Å²) in [7, 11) is 1.41. The van der Waals surface area contributed by atoms with Crippen LogP contribution in [0.5, 0.6) is 0 Å². The van der Waals surface area contributed by atoms with E-state index in [9.17, 15) is 19.6 Å². The van der Waals surface area contributed by atoms with Gasteiger partial charge in [-0.15, -0.1) is 0 Å². The molecule has 1 aliphatic rings. The molecule has 2 aromatic rings. The van der Waals surface area contributed by atoms with Gasteiger partial charge in [0.15, 0.2) is 0 Å². The van der Waals surface area contributed by atoms with Gasteiger partial charge in [0.25, 0.3) is 0 Å². The van der Waals surface area contributed by atoms with Gasteiger partial charge < -0.3 is 14.7 Å². The number of hydrogen-bond donors (Lipinski definition) is 1. The highest BCUT2D eigenvalue weighted by atomic mass is 19.1. The van der Waals surface area contributed by atoms with Gasteiger partial charge in [-0.2, -0.15) is 5.26 Å². The molecule has 0 spiro atoms. The molecule has 134 valence electrons. The van der Waals surface area contributed by atoms with Crippen LogP contribution in [0.3, 0.4) is 0 Å². The van der Waals surface area contributed by atoms with Crippen LogP contribution in [0.25, 0.3) is 11.1 Å². The maximum atomic E-state index is 13.4. The minimum absolute atomic E-state index is 0.125. The van der Waals surface area contributed by atoms with Crippen molar-refractivity contribution in [2.75, 3.05) is 20.3 Å². The number of aliphatic hydroxyl groups excluding tert-OH is 1. The first-order valence-corrected chi connectivity index (χ1v) is 8.27. The van der Waals surface area contributed by atoms with Crippen LogP contribution in [0.15, 0.2) is 48.5 Å². The number of amides is 1. The number of ether oxygens (including phenoxy) is 1. The summed E-state index contributed by atoms with van der Waals surface area (Å²) in [6, 6.07) is 14.8. The third kappa shape index (κ3) is 3.19. The lowest BCUT2D eigenvalue weighted by molar-refractivity contribution is -0.150. The molecule has 3 atom stereocenters. The standard InChI is InChI=1S/C20H19FN2O3/c1-26-12-19(25)23-17(10-22)20(18(23)11-24)14-7-5-13(6-8-14)15-3-2-4-16(21)9-15/h2-9,17-18,20,24H,11-12H2,1H3/t17-,18-,20-/m0/s1. The zero-order valence-corrected chi connectivity index (χ0v) is 14.3.